The third-order valence-corrected chi connectivity index (χ3v) is 1.47. The second-order valence-corrected chi connectivity index (χ2v) is 2.47. The molecule has 0 saturated heterocycles. The fourth-order valence-electron chi connectivity index (χ4n) is 0.902. The number of esters is 1. The van der Waals surface area contributed by atoms with Gasteiger partial charge >= 0.3 is 5.97 Å². The zero-order chi connectivity index (χ0) is 8.10. The van der Waals surface area contributed by atoms with Crippen LogP contribution >= 0.6 is 0 Å². The summed E-state index contributed by atoms with van der Waals surface area (Å²) in [7, 11) is 0. The molecule has 1 heterocycles. The molecular weight excluding hydrogens is 144 g/mol. The van der Waals surface area contributed by atoms with Crippen molar-refractivity contribution >= 4 is 5.97 Å². The molecule has 1 aliphatic rings. The summed E-state index contributed by atoms with van der Waals surface area (Å²) in [6, 6.07) is 0. The second kappa shape index (κ2) is 4.13. The minimum absolute atomic E-state index is 0.0592. The number of hydrogen-bond acceptors (Lipinski definition) is 3. The zero-order valence-electron chi connectivity index (χ0n) is 6.58. The van der Waals surface area contributed by atoms with Crippen molar-refractivity contribution in [3.63, 3.8) is 0 Å². The lowest BCUT2D eigenvalue weighted by Crippen LogP contribution is -2.22. The van der Waals surface area contributed by atoms with Gasteiger partial charge in [0.15, 0.2) is 0 Å². The third kappa shape index (κ3) is 3.18. The highest BCUT2D eigenvalue weighted by molar-refractivity contribution is 5.65. The van der Waals surface area contributed by atoms with Gasteiger partial charge in [-0.15, -0.1) is 0 Å². The van der Waals surface area contributed by atoms with Gasteiger partial charge in [-0.2, -0.15) is 0 Å². The van der Waals surface area contributed by atoms with Crippen LogP contribution in [0.2, 0.25) is 0 Å². The smallest absolute Gasteiger partial charge is 0.302 e. The predicted molar refractivity (Wildman–Crippen MR) is 40.1 cm³/mol. The van der Waals surface area contributed by atoms with Crippen LogP contribution in [0.3, 0.4) is 0 Å². The molecule has 1 aliphatic heterocycles. The molecule has 62 valence electrons. The Labute approximate surface area is 66.0 Å². The molecule has 0 aromatic heterocycles. The van der Waals surface area contributed by atoms with Gasteiger partial charge in [0.05, 0.1) is 12.7 Å². The summed E-state index contributed by atoms with van der Waals surface area (Å²) in [6.45, 7) is 2.41. The van der Waals surface area contributed by atoms with Crippen molar-refractivity contribution in [3.8, 4) is 0 Å². The summed E-state index contributed by atoms with van der Waals surface area (Å²) >= 11 is 0. The molecule has 0 spiro atoms. The van der Waals surface area contributed by atoms with Crippen molar-refractivity contribution in [2.75, 3.05) is 13.2 Å². The van der Waals surface area contributed by atoms with Gasteiger partial charge in [0.2, 0.25) is 0 Å². The van der Waals surface area contributed by atoms with E-state index in [9.17, 15) is 4.79 Å². The normalized spacial score (nSPS) is 23.2. The molecule has 0 aliphatic carbocycles. The Hall–Kier alpha value is -0.830. The second-order valence-electron chi connectivity index (χ2n) is 2.47. The van der Waals surface area contributed by atoms with E-state index in [0.29, 0.717) is 13.2 Å². The molecule has 1 atom stereocenters. The predicted octanol–water partition coefficient (Wildman–Crippen LogP) is 0.895. The van der Waals surface area contributed by atoms with Crippen LogP contribution in [0.4, 0.5) is 0 Å². The Kier molecular flexibility index (Phi) is 3.11. The van der Waals surface area contributed by atoms with Gasteiger partial charge in [0.1, 0.15) is 6.61 Å². The molecule has 1 rings (SSSR count). The van der Waals surface area contributed by atoms with E-state index in [4.69, 9.17) is 9.47 Å². The first-order valence-electron chi connectivity index (χ1n) is 3.69. The van der Waals surface area contributed by atoms with Gasteiger partial charge in [-0.25, -0.2) is 0 Å². The SMILES string of the molecule is CC(=O)OC[C@@H]1CC=CCO1. The third-order valence-electron chi connectivity index (χ3n) is 1.47. The molecule has 0 aromatic carbocycles. The van der Waals surface area contributed by atoms with Crippen molar-refractivity contribution in [1.29, 1.82) is 0 Å². The molecule has 3 nitrogen and oxygen atoms in total. The van der Waals surface area contributed by atoms with Crippen LogP contribution in [-0.2, 0) is 14.3 Å². The lowest BCUT2D eigenvalue weighted by molar-refractivity contribution is -0.145. The van der Waals surface area contributed by atoms with Crippen molar-refractivity contribution in [2.24, 2.45) is 0 Å². The summed E-state index contributed by atoms with van der Waals surface area (Å²) in [4.78, 5) is 10.4. The molecule has 0 saturated carbocycles. The van der Waals surface area contributed by atoms with Gasteiger partial charge in [0.25, 0.3) is 0 Å². The largest absolute Gasteiger partial charge is 0.463 e. The quantitative estimate of drug-likeness (QED) is 0.440. The van der Waals surface area contributed by atoms with E-state index >= 15 is 0 Å². The van der Waals surface area contributed by atoms with E-state index in [1.54, 1.807) is 0 Å². The van der Waals surface area contributed by atoms with Crippen LogP contribution in [0.15, 0.2) is 12.2 Å². The lowest BCUT2D eigenvalue weighted by Gasteiger charge is -2.17. The highest BCUT2D eigenvalue weighted by Crippen LogP contribution is 2.05. The molecule has 3 heteroatoms. The number of carbonyl (C=O) groups excluding carboxylic acids is 1. The van der Waals surface area contributed by atoms with Crippen LogP contribution in [-0.4, -0.2) is 25.3 Å². The van der Waals surface area contributed by atoms with Crippen molar-refractivity contribution < 1.29 is 14.3 Å². The van der Waals surface area contributed by atoms with E-state index in [1.807, 2.05) is 12.2 Å². The van der Waals surface area contributed by atoms with E-state index in [2.05, 4.69) is 0 Å². The van der Waals surface area contributed by atoms with Crippen LogP contribution in [0, 0.1) is 0 Å². The Morgan fingerprint density at radius 3 is 3.09 bits per heavy atom. The molecule has 0 aromatic rings. The molecular formula is C8H12O3. The Morgan fingerprint density at radius 2 is 2.55 bits per heavy atom. The zero-order valence-corrected chi connectivity index (χ0v) is 6.58. The van der Waals surface area contributed by atoms with Crippen molar-refractivity contribution in [3.05, 3.63) is 12.2 Å². The number of ether oxygens (including phenoxy) is 2. The number of carbonyl (C=O) groups is 1. The van der Waals surface area contributed by atoms with Crippen molar-refractivity contribution in [1.82, 2.24) is 0 Å². The Balaban J connectivity index is 2.16. The summed E-state index contributed by atoms with van der Waals surface area (Å²) < 4.78 is 10.0. The molecule has 0 radical (unpaired) electrons. The molecule has 0 N–H and O–H groups in total. The van der Waals surface area contributed by atoms with Crippen molar-refractivity contribution in [2.45, 2.75) is 19.4 Å². The monoisotopic (exact) mass is 156 g/mol. The maximum absolute atomic E-state index is 10.4. The topological polar surface area (TPSA) is 35.5 Å². The maximum atomic E-state index is 10.4. The number of rotatable bonds is 2. The molecule has 0 amide bonds. The molecule has 11 heavy (non-hydrogen) atoms. The number of hydrogen-bond donors (Lipinski definition) is 0. The highest BCUT2D eigenvalue weighted by atomic mass is 16.6. The summed E-state index contributed by atoms with van der Waals surface area (Å²) in [5, 5.41) is 0. The van der Waals surface area contributed by atoms with E-state index in [-0.39, 0.29) is 12.1 Å². The van der Waals surface area contributed by atoms with Gasteiger partial charge < -0.3 is 9.47 Å². The average Bonchev–Trinajstić information content (AvgIpc) is 2.03. The standard InChI is InChI=1S/C8H12O3/c1-7(9)11-6-8-4-2-3-5-10-8/h2-3,8H,4-6H2,1H3/t8-/m0/s1. The summed E-state index contributed by atoms with van der Waals surface area (Å²) in [6.07, 6.45) is 4.90. The first-order chi connectivity index (χ1) is 5.29. The fraction of sp³-hybridized carbons (Fsp3) is 0.625. The van der Waals surface area contributed by atoms with Gasteiger partial charge in [-0.3, -0.25) is 4.79 Å². The minimum Gasteiger partial charge on any atom is -0.463 e. The molecule has 0 bridgehead atoms. The van der Waals surface area contributed by atoms with Crippen LogP contribution in [0.25, 0.3) is 0 Å². The van der Waals surface area contributed by atoms with Crippen LogP contribution < -0.4 is 0 Å². The minimum atomic E-state index is -0.247. The van der Waals surface area contributed by atoms with Gasteiger partial charge in [-0.05, 0) is 6.42 Å². The van der Waals surface area contributed by atoms with Gasteiger partial charge in [0, 0.05) is 6.92 Å². The Bertz CT molecular complexity index is 163. The van der Waals surface area contributed by atoms with E-state index < -0.39 is 0 Å². The first-order valence-corrected chi connectivity index (χ1v) is 3.69. The summed E-state index contributed by atoms with van der Waals surface area (Å²) in [5.41, 5.74) is 0. The van der Waals surface area contributed by atoms with E-state index in [1.165, 1.54) is 6.92 Å². The maximum Gasteiger partial charge on any atom is 0.302 e. The van der Waals surface area contributed by atoms with Crippen LogP contribution in [0.5, 0.6) is 0 Å². The lowest BCUT2D eigenvalue weighted by atomic mass is 10.2. The first kappa shape index (κ1) is 8.27. The Morgan fingerprint density at radius 1 is 1.73 bits per heavy atom. The van der Waals surface area contributed by atoms with Crippen LogP contribution in [0.1, 0.15) is 13.3 Å². The molecule has 0 unspecified atom stereocenters. The van der Waals surface area contributed by atoms with Gasteiger partial charge in [-0.1, -0.05) is 12.2 Å². The summed E-state index contributed by atoms with van der Waals surface area (Å²) in [5.74, 6) is -0.247. The average molecular weight is 156 g/mol. The fourth-order valence-corrected chi connectivity index (χ4v) is 0.902. The van der Waals surface area contributed by atoms with E-state index in [0.717, 1.165) is 6.42 Å². The highest BCUT2D eigenvalue weighted by Gasteiger charge is 2.10. The molecule has 0 fully saturated rings.